The molecular weight excluding hydrogens is 146 g/mol. The minimum Gasteiger partial charge on any atom is -0.234 e. The molecule has 2 rings (SSSR count). The van der Waals surface area contributed by atoms with Crippen LogP contribution < -0.4 is 0 Å². The molecule has 0 saturated heterocycles. The lowest BCUT2D eigenvalue weighted by Crippen LogP contribution is -1.86. The molecule has 0 heterocycles. The normalized spacial score (nSPS) is 21.3. The van der Waals surface area contributed by atoms with Crippen LogP contribution in [0.15, 0.2) is 30.1 Å². The Morgan fingerprint density at radius 2 is 1.91 bits per heavy atom. The fourth-order valence-corrected chi connectivity index (χ4v) is 1.24. The van der Waals surface area contributed by atoms with E-state index in [9.17, 15) is 8.78 Å². The molecule has 0 nitrogen and oxygen atoms in total. The van der Waals surface area contributed by atoms with Gasteiger partial charge in [0.2, 0.25) is 0 Å². The van der Waals surface area contributed by atoms with Gasteiger partial charge in [0.05, 0.1) is 0 Å². The van der Waals surface area contributed by atoms with E-state index in [4.69, 9.17) is 0 Å². The summed E-state index contributed by atoms with van der Waals surface area (Å²) in [5.41, 5.74) is 1.09. The van der Waals surface area contributed by atoms with Gasteiger partial charge < -0.3 is 0 Å². The third-order valence-corrected chi connectivity index (χ3v) is 1.80. The third kappa shape index (κ3) is 0.862. The Kier molecular flexibility index (Phi) is 1.28. The fraction of sp³-hybridized carbons (Fsp3) is 0.111. The van der Waals surface area contributed by atoms with Crippen molar-refractivity contribution >= 4 is 6.08 Å². The Balaban J connectivity index is 2.58. The maximum Gasteiger partial charge on any atom is 0.177 e. The molecule has 1 atom stereocenters. The van der Waals surface area contributed by atoms with Crippen molar-refractivity contribution in [1.82, 2.24) is 0 Å². The van der Waals surface area contributed by atoms with Gasteiger partial charge in [-0.25, -0.2) is 8.78 Å². The first-order valence-corrected chi connectivity index (χ1v) is 3.39. The molecule has 0 N–H and O–H groups in total. The van der Waals surface area contributed by atoms with Crippen LogP contribution in [-0.4, -0.2) is 0 Å². The van der Waals surface area contributed by atoms with Crippen molar-refractivity contribution in [1.29, 1.82) is 0 Å². The quantitative estimate of drug-likeness (QED) is 0.536. The number of hydrogen-bond donors (Lipinski definition) is 0. The van der Waals surface area contributed by atoms with Gasteiger partial charge in [0.1, 0.15) is 5.83 Å². The van der Waals surface area contributed by atoms with E-state index >= 15 is 0 Å². The highest BCUT2D eigenvalue weighted by Crippen LogP contribution is 2.37. The highest BCUT2D eigenvalue weighted by Gasteiger charge is 2.23. The minimum atomic E-state index is -1.54. The molecule has 56 valence electrons. The molecule has 0 bridgehead atoms. The summed E-state index contributed by atoms with van der Waals surface area (Å²) in [7, 11) is 0. The van der Waals surface area contributed by atoms with Crippen molar-refractivity contribution in [3.63, 3.8) is 0 Å². The molecule has 1 aliphatic carbocycles. The summed E-state index contributed by atoms with van der Waals surface area (Å²) < 4.78 is 25.5. The highest BCUT2D eigenvalue weighted by atomic mass is 19.2. The lowest BCUT2D eigenvalue weighted by Gasteiger charge is -1.99. The monoisotopic (exact) mass is 152 g/mol. The molecule has 0 amide bonds. The summed E-state index contributed by atoms with van der Waals surface area (Å²) >= 11 is 0. The van der Waals surface area contributed by atoms with Gasteiger partial charge in [0, 0.05) is 5.56 Å². The first-order valence-electron chi connectivity index (χ1n) is 3.39. The van der Waals surface area contributed by atoms with E-state index < -0.39 is 12.0 Å². The standard InChI is InChI=1S/C9H6F2/c10-8-5-6-3-1-2-4-7(6)9(8)11/h1-5,9H. The van der Waals surface area contributed by atoms with E-state index in [2.05, 4.69) is 0 Å². The second-order valence-corrected chi connectivity index (χ2v) is 2.52. The van der Waals surface area contributed by atoms with Gasteiger partial charge in [-0.3, -0.25) is 0 Å². The number of fused-ring (bicyclic) bond motifs is 1. The summed E-state index contributed by atoms with van der Waals surface area (Å²) in [4.78, 5) is 0. The van der Waals surface area contributed by atoms with E-state index in [0.717, 1.165) is 0 Å². The van der Waals surface area contributed by atoms with Crippen LogP contribution in [-0.2, 0) is 0 Å². The molecule has 1 unspecified atom stereocenters. The first kappa shape index (κ1) is 6.53. The Morgan fingerprint density at radius 1 is 1.18 bits per heavy atom. The van der Waals surface area contributed by atoms with Crippen LogP contribution in [0.25, 0.3) is 6.08 Å². The molecule has 0 fully saturated rings. The van der Waals surface area contributed by atoms with Gasteiger partial charge in [-0.1, -0.05) is 24.3 Å². The average molecular weight is 152 g/mol. The molecule has 1 aromatic carbocycles. The van der Waals surface area contributed by atoms with Crippen molar-refractivity contribution in [3.05, 3.63) is 41.2 Å². The predicted molar refractivity (Wildman–Crippen MR) is 39.4 cm³/mol. The van der Waals surface area contributed by atoms with Crippen LogP contribution in [0.1, 0.15) is 17.3 Å². The molecular formula is C9H6F2. The van der Waals surface area contributed by atoms with Crippen molar-refractivity contribution in [2.75, 3.05) is 0 Å². The predicted octanol–water partition coefficient (Wildman–Crippen LogP) is 3.02. The Labute approximate surface area is 63.2 Å². The maximum absolute atomic E-state index is 12.9. The van der Waals surface area contributed by atoms with Crippen LogP contribution in [0.2, 0.25) is 0 Å². The molecule has 0 saturated carbocycles. The highest BCUT2D eigenvalue weighted by molar-refractivity contribution is 5.63. The number of allylic oxidation sites excluding steroid dienone is 1. The molecule has 0 spiro atoms. The Hall–Kier alpha value is -1.18. The number of rotatable bonds is 0. The van der Waals surface area contributed by atoms with Gasteiger partial charge >= 0.3 is 0 Å². The van der Waals surface area contributed by atoms with Gasteiger partial charge in [-0.2, -0.15) is 0 Å². The lowest BCUT2D eigenvalue weighted by molar-refractivity contribution is 0.344. The lowest BCUT2D eigenvalue weighted by atomic mass is 10.1. The molecule has 0 aliphatic heterocycles. The Bertz CT molecular complexity index is 315. The van der Waals surface area contributed by atoms with Gasteiger partial charge in [-0.05, 0) is 11.6 Å². The zero-order chi connectivity index (χ0) is 7.84. The van der Waals surface area contributed by atoms with Gasteiger partial charge in [0.15, 0.2) is 6.17 Å². The van der Waals surface area contributed by atoms with Crippen LogP contribution in [0.3, 0.4) is 0 Å². The SMILES string of the molecule is FC1=Cc2ccccc2C1F. The number of halogens is 2. The number of hydrogen-bond acceptors (Lipinski definition) is 0. The topological polar surface area (TPSA) is 0 Å². The zero-order valence-electron chi connectivity index (χ0n) is 5.72. The maximum atomic E-state index is 12.9. The van der Waals surface area contributed by atoms with Crippen molar-refractivity contribution in [3.8, 4) is 0 Å². The molecule has 11 heavy (non-hydrogen) atoms. The van der Waals surface area contributed by atoms with Crippen LogP contribution in [0.4, 0.5) is 8.78 Å². The average Bonchev–Trinajstić information content (AvgIpc) is 2.30. The summed E-state index contributed by atoms with van der Waals surface area (Å²) in [6, 6.07) is 6.77. The van der Waals surface area contributed by atoms with Crippen molar-refractivity contribution in [2.45, 2.75) is 6.17 Å². The van der Waals surface area contributed by atoms with Crippen molar-refractivity contribution in [2.24, 2.45) is 0 Å². The molecule has 0 aromatic heterocycles. The fourth-order valence-electron chi connectivity index (χ4n) is 1.24. The summed E-state index contributed by atoms with van der Waals surface area (Å²) in [6.07, 6.45) is -0.300. The van der Waals surface area contributed by atoms with Gasteiger partial charge in [0.25, 0.3) is 0 Å². The summed E-state index contributed by atoms with van der Waals surface area (Å²) in [5.74, 6) is -0.689. The smallest absolute Gasteiger partial charge is 0.177 e. The summed E-state index contributed by atoms with van der Waals surface area (Å²) in [6.45, 7) is 0. The van der Waals surface area contributed by atoms with Gasteiger partial charge in [-0.15, -0.1) is 0 Å². The number of alkyl halides is 1. The largest absolute Gasteiger partial charge is 0.234 e. The first-order chi connectivity index (χ1) is 5.29. The van der Waals surface area contributed by atoms with E-state index in [-0.39, 0.29) is 0 Å². The van der Waals surface area contributed by atoms with Crippen LogP contribution in [0, 0.1) is 0 Å². The van der Waals surface area contributed by atoms with E-state index in [1.165, 1.54) is 6.08 Å². The molecule has 1 aromatic rings. The van der Waals surface area contributed by atoms with E-state index in [1.807, 2.05) is 0 Å². The van der Waals surface area contributed by atoms with Crippen molar-refractivity contribution < 1.29 is 8.78 Å². The second kappa shape index (κ2) is 2.16. The van der Waals surface area contributed by atoms with Crippen LogP contribution in [0.5, 0.6) is 0 Å². The summed E-state index contributed by atoms with van der Waals surface area (Å²) in [5, 5.41) is 0. The molecule has 0 radical (unpaired) electrons. The van der Waals surface area contributed by atoms with E-state index in [1.54, 1.807) is 24.3 Å². The zero-order valence-corrected chi connectivity index (χ0v) is 5.72. The minimum absolute atomic E-state index is 0.435. The van der Waals surface area contributed by atoms with E-state index in [0.29, 0.717) is 11.1 Å². The Morgan fingerprint density at radius 3 is 2.64 bits per heavy atom. The molecule has 2 heteroatoms. The molecule has 1 aliphatic rings. The van der Waals surface area contributed by atoms with Crippen LogP contribution >= 0.6 is 0 Å². The number of benzene rings is 1. The third-order valence-electron chi connectivity index (χ3n) is 1.80. The second-order valence-electron chi connectivity index (χ2n) is 2.52.